The number of rotatable bonds is 8. The lowest BCUT2D eigenvalue weighted by atomic mass is 10.1. The Kier molecular flexibility index (Phi) is 10.5. The van der Waals surface area contributed by atoms with Gasteiger partial charge in [0.05, 0.1) is 13.7 Å². The molecule has 2 rings (SSSR count). The topological polar surface area (TPSA) is 118 Å². The minimum atomic E-state index is -0.581. The van der Waals surface area contributed by atoms with Crippen LogP contribution < -0.4 is 26.4 Å². The van der Waals surface area contributed by atoms with Crippen molar-refractivity contribution < 1.29 is 14.3 Å². The summed E-state index contributed by atoms with van der Waals surface area (Å²) in [5, 5.41) is 8.91. The number of hydrogen-bond acceptors (Lipinski definition) is 4. The fraction of sp³-hybridized carbons (Fsp3) is 0.250. The Morgan fingerprint density at radius 1 is 0.931 bits per heavy atom. The van der Waals surface area contributed by atoms with Gasteiger partial charge in [0.25, 0.3) is 5.91 Å². The minimum absolute atomic E-state index is 0. The maximum Gasteiger partial charge on any atom is 0.251 e. The number of amides is 2. The van der Waals surface area contributed by atoms with Gasteiger partial charge in [0.15, 0.2) is 5.96 Å². The molecule has 0 aliphatic heterocycles. The third-order valence-electron chi connectivity index (χ3n) is 3.94. The van der Waals surface area contributed by atoms with Crippen LogP contribution in [0.3, 0.4) is 0 Å². The molecule has 0 radical (unpaired) electrons. The summed E-state index contributed by atoms with van der Waals surface area (Å²) in [7, 11) is 3.34. The number of guanidine groups is 1. The van der Waals surface area contributed by atoms with E-state index in [1.165, 1.54) is 0 Å². The first kappa shape index (κ1) is 24.2. The predicted molar refractivity (Wildman–Crippen MR) is 123 cm³/mol. The van der Waals surface area contributed by atoms with Crippen LogP contribution in [-0.4, -0.2) is 38.5 Å². The molecule has 0 heterocycles. The standard InChI is InChI=1S/C20H25N5O3.HI/c1-22-20(25-12-15-5-9-17(28-2)10-6-15)24-11-14-3-7-16(8-4-14)19(27)23-13-18(21)26;/h3-10H,11-13H2,1-2H3,(H2,21,26)(H,23,27)(H2,22,24,25);1H. The van der Waals surface area contributed by atoms with E-state index in [-0.39, 0.29) is 36.4 Å². The smallest absolute Gasteiger partial charge is 0.251 e. The van der Waals surface area contributed by atoms with E-state index in [4.69, 9.17) is 10.5 Å². The molecule has 0 aromatic heterocycles. The molecular formula is C20H26IN5O3. The summed E-state index contributed by atoms with van der Waals surface area (Å²) in [5.74, 6) is 0.565. The first-order chi connectivity index (χ1) is 13.5. The highest BCUT2D eigenvalue weighted by Gasteiger charge is 2.06. The zero-order chi connectivity index (χ0) is 20.4. The van der Waals surface area contributed by atoms with Gasteiger partial charge in [-0.25, -0.2) is 0 Å². The van der Waals surface area contributed by atoms with Gasteiger partial charge < -0.3 is 26.4 Å². The van der Waals surface area contributed by atoms with Crippen LogP contribution in [0.15, 0.2) is 53.5 Å². The zero-order valence-corrected chi connectivity index (χ0v) is 18.7. The van der Waals surface area contributed by atoms with Gasteiger partial charge in [-0.3, -0.25) is 14.6 Å². The largest absolute Gasteiger partial charge is 0.497 e. The van der Waals surface area contributed by atoms with Gasteiger partial charge in [0, 0.05) is 25.7 Å². The summed E-state index contributed by atoms with van der Waals surface area (Å²) in [6.07, 6.45) is 0. The Bertz CT molecular complexity index is 823. The van der Waals surface area contributed by atoms with Gasteiger partial charge in [-0.1, -0.05) is 24.3 Å². The van der Waals surface area contributed by atoms with E-state index in [0.29, 0.717) is 24.6 Å². The Morgan fingerprint density at radius 3 is 1.90 bits per heavy atom. The fourth-order valence-corrected chi connectivity index (χ4v) is 2.38. The predicted octanol–water partition coefficient (Wildman–Crippen LogP) is 1.39. The Hall–Kier alpha value is -2.82. The molecular weight excluding hydrogens is 485 g/mol. The number of carbonyl (C=O) groups is 2. The van der Waals surface area contributed by atoms with Crippen molar-refractivity contribution in [3.05, 3.63) is 65.2 Å². The van der Waals surface area contributed by atoms with Gasteiger partial charge in [-0.2, -0.15) is 0 Å². The third kappa shape index (κ3) is 8.38. The van der Waals surface area contributed by atoms with Crippen molar-refractivity contribution in [3.63, 3.8) is 0 Å². The fourth-order valence-electron chi connectivity index (χ4n) is 2.38. The highest BCUT2D eigenvalue weighted by Crippen LogP contribution is 2.11. The number of hydrogen-bond donors (Lipinski definition) is 4. The lowest BCUT2D eigenvalue weighted by molar-refractivity contribution is -0.117. The van der Waals surface area contributed by atoms with Crippen molar-refractivity contribution in [1.82, 2.24) is 16.0 Å². The molecule has 5 N–H and O–H groups in total. The average molecular weight is 511 g/mol. The molecule has 0 unspecified atom stereocenters. The molecule has 0 fully saturated rings. The maximum absolute atomic E-state index is 11.9. The number of aliphatic imine (C=N–C) groups is 1. The van der Waals surface area contributed by atoms with Crippen LogP contribution in [0.25, 0.3) is 0 Å². The second-order valence-electron chi connectivity index (χ2n) is 5.97. The lowest BCUT2D eigenvalue weighted by Gasteiger charge is -2.12. The van der Waals surface area contributed by atoms with Gasteiger partial charge in [-0.05, 0) is 35.4 Å². The Morgan fingerprint density at radius 2 is 1.45 bits per heavy atom. The van der Waals surface area contributed by atoms with Crippen LogP contribution in [-0.2, 0) is 17.9 Å². The summed E-state index contributed by atoms with van der Waals surface area (Å²) < 4.78 is 5.15. The first-order valence-corrected chi connectivity index (χ1v) is 8.74. The SMILES string of the molecule is CN=C(NCc1ccc(OC)cc1)NCc1ccc(C(=O)NCC(N)=O)cc1.I. The molecule has 2 aromatic rings. The molecule has 0 atom stereocenters. The van der Waals surface area contributed by atoms with Crippen LogP contribution in [0.1, 0.15) is 21.5 Å². The van der Waals surface area contributed by atoms with E-state index in [1.807, 2.05) is 36.4 Å². The number of benzene rings is 2. The number of carbonyl (C=O) groups excluding carboxylic acids is 2. The highest BCUT2D eigenvalue weighted by atomic mass is 127. The molecule has 8 nitrogen and oxygen atoms in total. The Labute approximate surface area is 187 Å². The van der Waals surface area contributed by atoms with Gasteiger partial charge >= 0.3 is 0 Å². The molecule has 156 valence electrons. The maximum atomic E-state index is 11.9. The monoisotopic (exact) mass is 511 g/mol. The summed E-state index contributed by atoms with van der Waals surface area (Å²) in [5.41, 5.74) is 7.57. The summed E-state index contributed by atoms with van der Waals surface area (Å²) in [6.45, 7) is 0.992. The second-order valence-corrected chi connectivity index (χ2v) is 5.97. The van der Waals surface area contributed by atoms with E-state index in [2.05, 4.69) is 20.9 Å². The number of ether oxygens (including phenoxy) is 1. The van der Waals surface area contributed by atoms with Crippen LogP contribution in [0.4, 0.5) is 0 Å². The van der Waals surface area contributed by atoms with E-state index in [9.17, 15) is 9.59 Å². The molecule has 0 aliphatic rings. The van der Waals surface area contributed by atoms with Crippen LogP contribution in [0.2, 0.25) is 0 Å². The van der Waals surface area contributed by atoms with Crippen molar-refractivity contribution in [1.29, 1.82) is 0 Å². The number of nitrogens with zero attached hydrogens (tertiary/aromatic N) is 1. The first-order valence-electron chi connectivity index (χ1n) is 8.74. The molecule has 0 saturated heterocycles. The van der Waals surface area contributed by atoms with Crippen molar-refractivity contribution in [2.45, 2.75) is 13.1 Å². The molecule has 0 spiro atoms. The van der Waals surface area contributed by atoms with Crippen molar-refractivity contribution >= 4 is 41.8 Å². The van der Waals surface area contributed by atoms with Crippen molar-refractivity contribution in [2.24, 2.45) is 10.7 Å². The normalized spacial score (nSPS) is 10.5. The van der Waals surface area contributed by atoms with Gasteiger partial charge in [0.1, 0.15) is 5.75 Å². The Balaban J connectivity index is 0.00000420. The molecule has 0 bridgehead atoms. The van der Waals surface area contributed by atoms with Crippen LogP contribution in [0, 0.1) is 0 Å². The zero-order valence-electron chi connectivity index (χ0n) is 16.4. The highest BCUT2D eigenvalue weighted by molar-refractivity contribution is 14.0. The van der Waals surface area contributed by atoms with E-state index in [1.54, 1.807) is 26.3 Å². The van der Waals surface area contributed by atoms with Crippen LogP contribution in [0.5, 0.6) is 5.75 Å². The van der Waals surface area contributed by atoms with E-state index < -0.39 is 5.91 Å². The molecule has 29 heavy (non-hydrogen) atoms. The minimum Gasteiger partial charge on any atom is -0.497 e. The number of nitrogens with two attached hydrogens (primary N) is 1. The number of nitrogens with one attached hydrogen (secondary N) is 3. The van der Waals surface area contributed by atoms with Crippen molar-refractivity contribution in [2.75, 3.05) is 20.7 Å². The number of primary amides is 1. The molecule has 0 saturated carbocycles. The van der Waals surface area contributed by atoms with Gasteiger partial charge in [-0.15, -0.1) is 24.0 Å². The number of methoxy groups -OCH3 is 1. The lowest BCUT2D eigenvalue weighted by Crippen LogP contribution is -2.36. The summed E-state index contributed by atoms with van der Waals surface area (Å²) >= 11 is 0. The second kappa shape index (κ2) is 12.6. The molecule has 0 aliphatic carbocycles. The quantitative estimate of drug-likeness (QED) is 0.243. The molecule has 2 aromatic carbocycles. The van der Waals surface area contributed by atoms with E-state index in [0.717, 1.165) is 16.9 Å². The summed E-state index contributed by atoms with van der Waals surface area (Å²) in [6, 6.07) is 14.9. The number of halogens is 1. The molecule has 2 amide bonds. The molecule has 9 heteroatoms. The van der Waals surface area contributed by atoms with E-state index >= 15 is 0 Å². The van der Waals surface area contributed by atoms with Gasteiger partial charge in [0.2, 0.25) is 5.91 Å². The van der Waals surface area contributed by atoms with Crippen molar-refractivity contribution in [3.8, 4) is 5.75 Å². The van der Waals surface area contributed by atoms with Crippen LogP contribution >= 0.6 is 24.0 Å². The average Bonchev–Trinajstić information content (AvgIpc) is 2.73. The summed E-state index contributed by atoms with van der Waals surface area (Å²) in [4.78, 5) is 26.8. The third-order valence-corrected chi connectivity index (χ3v) is 3.94.